The van der Waals surface area contributed by atoms with Crippen LogP contribution in [0.1, 0.15) is 25.3 Å². The molecular weight excluding hydrogens is 298 g/mol. The Labute approximate surface area is 144 Å². The number of likely N-dealkylation sites (tertiary alicyclic amines) is 1. The number of hydrogen-bond donors (Lipinski definition) is 2. The Morgan fingerprint density at radius 3 is 2.33 bits per heavy atom. The van der Waals surface area contributed by atoms with Gasteiger partial charge in [-0.2, -0.15) is 0 Å². The average Bonchev–Trinajstić information content (AvgIpc) is 2.58. The third kappa shape index (κ3) is 4.44. The number of rotatable bonds is 5. The monoisotopic (exact) mass is 325 g/mol. The molecule has 0 spiro atoms. The van der Waals surface area contributed by atoms with Crippen molar-refractivity contribution in [2.24, 2.45) is 0 Å². The van der Waals surface area contributed by atoms with Gasteiger partial charge < -0.3 is 15.1 Å². The van der Waals surface area contributed by atoms with Gasteiger partial charge in [0.2, 0.25) is 0 Å². The van der Waals surface area contributed by atoms with Crippen LogP contribution in [0.25, 0.3) is 11.1 Å². The van der Waals surface area contributed by atoms with E-state index in [-0.39, 0.29) is 0 Å². The number of benzene rings is 2. The van der Waals surface area contributed by atoms with E-state index in [1.807, 2.05) is 37.3 Å². The summed E-state index contributed by atoms with van der Waals surface area (Å²) in [7, 11) is 0. The molecule has 1 heterocycles. The summed E-state index contributed by atoms with van der Waals surface area (Å²) in [5, 5.41) is 20.6. The molecule has 0 amide bonds. The van der Waals surface area contributed by atoms with Gasteiger partial charge in [0, 0.05) is 26.1 Å². The van der Waals surface area contributed by atoms with Gasteiger partial charge in [-0.25, -0.2) is 0 Å². The van der Waals surface area contributed by atoms with E-state index in [0.717, 1.165) is 25.9 Å². The van der Waals surface area contributed by atoms with E-state index in [1.165, 1.54) is 16.7 Å². The Bertz CT molecular complexity index is 644. The van der Waals surface area contributed by atoms with Crippen molar-refractivity contribution in [3.8, 4) is 11.1 Å². The predicted octanol–water partition coefficient (Wildman–Crippen LogP) is 3.10. The Morgan fingerprint density at radius 2 is 1.62 bits per heavy atom. The van der Waals surface area contributed by atoms with Crippen LogP contribution in [0.4, 0.5) is 0 Å². The van der Waals surface area contributed by atoms with E-state index in [4.69, 9.17) is 0 Å². The molecule has 1 aliphatic heterocycles. The number of aliphatic hydroxyl groups excluding tert-OH is 1. The number of piperidine rings is 1. The van der Waals surface area contributed by atoms with Gasteiger partial charge in [0.25, 0.3) is 0 Å². The molecule has 2 N–H and O–H groups in total. The molecule has 128 valence electrons. The van der Waals surface area contributed by atoms with Crippen molar-refractivity contribution in [1.29, 1.82) is 0 Å². The average molecular weight is 325 g/mol. The van der Waals surface area contributed by atoms with E-state index in [2.05, 4.69) is 29.2 Å². The van der Waals surface area contributed by atoms with Crippen LogP contribution in [-0.2, 0) is 6.42 Å². The van der Waals surface area contributed by atoms with Crippen molar-refractivity contribution in [2.75, 3.05) is 19.6 Å². The van der Waals surface area contributed by atoms with Crippen molar-refractivity contribution in [2.45, 2.75) is 37.9 Å². The molecule has 1 aliphatic rings. The van der Waals surface area contributed by atoms with E-state index in [0.29, 0.717) is 13.0 Å². The highest BCUT2D eigenvalue weighted by atomic mass is 16.3. The summed E-state index contributed by atoms with van der Waals surface area (Å²) in [5.74, 6) is 0. The van der Waals surface area contributed by atoms with Crippen LogP contribution in [0.2, 0.25) is 0 Å². The van der Waals surface area contributed by atoms with E-state index < -0.39 is 11.7 Å². The Morgan fingerprint density at radius 1 is 1.00 bits per heavy atom. The second kappa shape index (κ2) is 7.47. The zero-order chi connectivity index (χ0) is 17.0. The predicted molar refractivity (Wildman–Crippen MR) is 97.9 cm³/mol. The van der Waals surface area contributed by atoms with Crippen molar-refractivity contribution in [3.63, 3.8) is 0 Å². The molecule has 1 fully saturated rings. The van der Waals surface area contributed by atoms with Crippen molar-refractivity contribution < 1.29 is 10.2 Å². The molecule has 3 heteroatoms. The lowest BCUT2D eigenvalue weighted by atomic mass is 9.93. The van der Waals surface area contributed by atoms with Gasteiger partial charge >= 0.3 is 0 Å². The maximum Gasteiger partial charge on any atom is 0.0707 e. The first-order valence-electron chi connectivity index (χ1n) is 8.80. The van der Waals surface area contributed by atoms with Gasteiger partial charge in [-0.1, -0.05) is 54.6 Å². The minimum absolute atomic E-state index is 0.391. The van der Waals surface area contributed by atoms with Gasteiger partial charge in [0.15, 0.2) is 0 Å². The van der Waals surface area contributed by atoms with Gasteiger partial charge in [-0.05, 0) is 36.5 Å². The lowest BCUT2D eigenvalue weighted by Crippen LogP contribution is -2.45. The highest BCUT2D eigenvalue weighted by molar-refractivity contribution is 5.67. The number of aliphatic hydroxyl groups is 2. The number of nitrogens with zero attached hydrogens (tertiary/aromatic N) is 1. The molecule has 0 saturated carbocycles. The molecule has 1 atom stereocenters. The largest absolute Gasteiger partial charge is 0.391 e. The molecule has 2 aromatic carbocycles. The smallest absolute Gasteiger partial charge is 0.0707 e. The van der Waals surface area contributed by atoms with Crippen LogP contribution in [0, 0.1) is 0 Å². The van der Waals surface area contributed by atoms with Crippen LogP contribution >= 0.6 is 0 Å². The number of β-amino-alcohol motifs (C(OH)–C–C–N with tert-alkyl or cyclic N) is 1. The summed E-state index contributed by atoms with van der Waals surface area (Å²) < 4.78 is 0. The summed E-state index contributed by atoms with van der Waals surface area (Å²) in [6.07, 6.45) is 1.82. The molecule has 0 aromatic heterocycles. The molecule has 3 rings (SSSR count). The van der Waals surface area contributed by atoms with Gasteiger partial charge in [-0.15, -0.1) is 0 Å². The fourth-order valence-corrected chi connectivity index (χ4v) is 3.43. The number of hydrogen-bond acceptors (Lipinski definition) is 3. The lowest BCUT2D eigenvalue weighted by Gasteiger charge is -2.36. The maximum atomic E-state index is 10.6. The molecule has 1 saturated heterocycles. The normalized spacial score (nSPS) is 19.1. The molecule has 24 heavy (non-hydrogen) atoms. The SMILES string of the molecule is CC1(O)CCN(CC(O)Cc2ccccc2-c2ccccc2)CC1. The molecule has 1 unspecified atom stereocenters. The van der Waals surface area contributed by atoms with Gasteiger partial charge in [-0.3, -0.25) is 0 Å². The van der Waals surface area contributed by atoms with Crippen LogP contribution in [-0.4, -0.2) is 46.5 Å². The van der Waals surface area contributed by atoms with Crippen LogP contribution in [0.15, 0.2) is 54.6 Å². The van der Waals surface area contributed by atoms with Crippen LogP contribution in [0.3, 0.4) is 0 Å². The molecule has 0 radical (unpaired) electrons. The van der Waals surface area contributed by atoms with Crippen molar-refractivity contribution >= 4 is 0 Å². The molecule has 0 aliphatic carbocycles. The topological polar surface area (TPSA) is 43.7 Å². The molecule has 2 aromatic rings. The Balaban J connectivity index is 1.64. The highest BCUT2D eigenvalue weighted by Crippen LogP contribution is 2.25. The summed E-state index contributed by atoms with van der Waals surface area (Å²) in [6.45, 7) is 4.27. The van der Waals surface area contributed by atoms with Crippen molar-refractivity contribution in [1.82, 2.24) is 4.90 Å². The van der Waals surface area contributed by atoms with Crippen molar-refractivity contribution in [3.05, 3.63) is 60.2 Å². The molecular formula is C21H27NO2. The summed E-state index contributed by atoms with van der Waals surface area (Å²) >= 11 is 0. The fourth-order valence-electron chi connectivity index (χ4n) is 3.43. The van der Waals surface area contributed by atoms with E-state index >= 15 is 0 Å². The minimum atomic E-state index is -0.540. The second-order valence-electron chi connectivity index (χ2n) is 7.18. The highest BCUT2D eigenvalue weighted by Gasteiger charge is 2.28. The summed E-state index contributed by atoms with van der Waals surface area (Å²) in [4.78, 5) is 2.26. The Hall–Kier alpha value is -1.68. The zero-order valence-corrected chi connectivity index (χ0v) is 14.4. The molecule has 3 nitrogen and oxygen atoms in total. The fraction of sp³-hybridized carbons (Fsp3) is 0.429. The van der Waals surface area contributed by atoms with Gasteiger partial charge in [0.05, 0.1) is 11.7 Å². The summed E-state index contributed by atoms with van der Waals surface area (Å²) in [6, 6.07) is 18.6. The maximum absolute atomic E-state index is 10.6. The standard InChI is InChI=1S/C21H27NO2/c1-21(24)11-13-22(14-12-21)16-19(23)15-18-9-5-6-10-20(18)17-7-3-2-4-8-17/h2-10,19,23-24H,11-16H2,1H3. The lowest BCUT2D eigenvalue weighted by molar-refractivity contribution is -0.0157. The third-order valence-corrected chi connectivity index (χ3v) is 4.96. The third-order valence-electron chi connectivity index (χ3n) is 4.96. The second-order valence-corrected chi connectivity index (χ2v) is 7.18. The summed E-state index contributed by atoms with van der Waals surface area (Å²) in [5.41, 5.74) is 3.02. The van der Waals surface area contributed by atoms with Crippen LogP contribution < -0.4 is 0 Å². The first-order chi connectivity index (χ1) is 11.5. The quantitative estimate of drug-likeness (QED) is 0.888. The van der Waals surface area contributed by atoms with Crippen LogP contribution in [0.5, 0.6) is 0 Å². The Kier molecular flexibility index (Phi) is 5.34. The van der Waals surface area contributed by atoms with E-state index in [1.54, 1.807) is 0 Å². The zero-order valence-electron chi connectivity index (χ0n) is 14.4. The first kappa shape index (κ1) is 17.2. The minimum Gasteiger partial charge on any atom is -0.391 e. The van der Waals surface area contributed by atoms with E-state index in [9.17, 15) is 10.2 Å². The molecule has 0 bridgehead atoms. The first-order valence-corrected chi connectivity index (χ1v) is 8.80. The van der Waals surface area contributed by atoms with Gasteiger partial charge in [0.1, 0.15) is 0 Å².